The Balaban J connectivity index is 1.09. The summed E-state index contributed by atoms with van der Waals surface area (Å²) in [6.07, 6.45) is 1.41. The zero-order valence-corrected chi connectivity index (χ0v) is 68.2. The minimum atomic E-state index is -1.63. The van der Waals surface area contributed by atoms with Gasteiger partial charge in [-0.05, 0) is 164 Å². The maximum Gasteiger partial charge on any atom is 0.318 e. The van der Waals surface area contributed by atoms with Gasteiger partial charge in [0.25, 0.3) is 11.8 Å². The summed E-state index contributed by atoms with van der Waals surface area (Å²) in [6.45, 7) is 7.40. The van der Waals surface area contributed by atoms with E-state index in [-0.39, 0.29) is 83.7 Å². The average Bonchev–Trinajstić information content (AvgIpc) is 1.61. The van der Waals surface area contributed by atoms with Crippen molar-refractivity contribution in [3.63, 3.8) is 0 Å². The number of hydrogen-bond donors (Lipinski definition) is 6. The Morgan fingerprint density at radius 1 is 0.402 bits per heavy atom. The first kappa shape index (κ1) is 87.8. The molecule has 7 aromatic rings. The number of benzene rings is 7. The highest BCUT2D eigenvalue weighted by atomic mass is 16.6. The number of nitrogens with zero attached hydrogens (tertiary/aromatic N) is 4. The van der Waals surface area contributed by atoms with Crippen LogP contribution in [0.1, 0.15) is 176 Å². The van der Waals surface area contributed by atoms with Gasteiger partial charge in [0.1, 0.15) is 0 Å². The molecule has 0 saturated carbocycles. The normalized spacial score (nSPS) is 19.6. The quantitative estimate of drug-likeness (QED) is 0.00895. The minimum absolute atomic E-state index is 0.0120. The van der Waals surface area contributed by atoms with Crippen LogP contribution < -0.4 is 31.1 Å². The second kappa shape index (κ2) is 41.8. The molecular formula is C94H112N8O15. The Hall–Kier alpha value is -11.6. The molecule has 6 N–H and O–H groups in total. The van der Waals surface area contributed by atoms with Gasteiger partial charge in [0.05, 0.1) is 59.2 Å². The Morgan fingerprint density at radius 3 is 1.16 bits per heavy atom. The van der Waals surface area contributed by atoms with Gasteiger partial charge in [-0.2, -0.15) is 0 Å². The van der Waals surface area contributed by atoms with E-state index in [1.165, 1.54) is 4.90 Å². The summed E-state index contributed by atoms with van der Waals surface area (Å²) in [7, 11) is 7.55. The largest absolute Gasteiger partial charge is 0.481 e. The maximum atomic E-state index is 16.5. The van der Waals surface area contributed by atoms with Crippen LogP contribution in [0.15, 0.2) is 200 Å². The number of ether oxygens (including phenoxy) is 1. The van der Waals surface area contributed by atoms with Crippen LogP contribution in [0.25, 0.3) is 0 Å². The van der Waals surface area contributed by atoms with Crippen molar-refractivity contribution in [2.75, 3.05) is 77.3 Å². The first-order valence-electron chi connectivity index (χ1n) is 41.2. The smallest absolute Gasteiger partial charge is 0.318 e. The van der Waals surface area contributed by atoms with Crippen LogP contribution in [0.4, 0.5) is 11.4 Å². The molecule has 15 atom stereocenters. The fourth-order valence-corrected chi connectivity index (χ4v) is 17.8. The van der Waals surface area contributed by atoms with Crippen molar-refractivity contribution in [2.45, 2.75) is 128 Å². The van der Waals surface area contributed by atoms with Crippen molar-refractivity contribution in [1.82, 2.24) is 31.1 Å². The van der Waals surface area contributed by atoms with Crippen molar-refractivity contribution < 1.29 is 72.5 Å². The lowest BCUT2D eigenvalue weighted by Crippen LogP contribution is -2.44. The number of esters is 2. The van der Waals surface area contributed by atoms with E-state index in [1.807, 2.05) is 113 Å². The zero-order valence-electron chi connectivity index (χ0n) is 68.2. The van der Waals surface area contributed by atoms with Crippen molar-refractivity contribution >= 4 is 82.5 Å². The Labute approximate surface area is 686 Å². The first-order chi connectivity index (χ1) is 56.4. The number of carbonyl (C=O) groups excluding carboxylic acids is 10. The summed E-state index contributed by atoms with van der Waals surface area (Å²) >= 11 is 0. The van der Waals surface area contributed by atoms with E-state index in [0.29, 0.717) is 71.0 Å². The highest BCUT2D eigenvalue weighted by Gasteiger charge is 2.59. The highest BCUT2D eigenvalue weighted by Crippen LogP contribution is 2.54. The van der Waals surface area contributed by atoms with Crippen molar-refractivity contribution in [1.29, 1.82) is 0 Å². The van der Waals surface area contributed by atoms with Crippen LogP contribution in [-0.2, 0) is 52.7 Å². The molecule has 8 amide bonds. The lowest BCUT2D eigenvalue weighted by Gasteiger charge is -2.37. The van der Waals surface area contributed by atoms with Gasteiger partial charge < -0.3 is 46.0 Å². The third-order valence-corrected chi connectivity index (χ3v) is 24.0. The number of carbonyl (C=O) groups is 12. The van der Waals surface area contributed by atoms with Crippen molar-refractivity contribution in [2.24, 2.45) is 59.2 Å². The lowest BCUT2D eigenvalue weighted by molar-refractivity contribution is -0.155. The van der Waals surface area contributed by atoms with E-state index in [0.717, 1.165) is 16.3 Å². The molecule has 3 fully saturated rings. The molecule has 10 rings (SSSR count). The molecule has 15 unspecified atom stereocenters. The maximum absolute atomic E-state index is 16.5. The molecule has 3 saturated heterocycles. The van der Waals surface area contributed by atoms with E-state index in [1.54, 1.807) is 153 Å². The number of amides is 8. The van der Waals surface area contributed by atoms with E-state index in [2.05, 4.69) is 21.3 Å². The number of likely N-dealkylation sites (tertiary alicyclic amines) is 2. The molecule has 0 radical (unpaired) electrons. The molecule has 23 nitrogen and oxygen atoms in total. The molecule has 3 aliphatic rings. The van der Waals surface area contributed by atoms with Crippen LogP contribution in [0.3, 0.4) is 0 Å². The molecular weight excluding hydrogens is 1480 g/mol. The second-order valence-electron chi connectivity index (χ2n) is 31.7. The molecule has 0 aliphatic carbocycles. The number of imide groups is 2. The number of carboxylic acid groups (broad SMARTS) is 2. The number of aliphatic carboxylic acids is 2. The average molecular weight is 1590 g/mol. The van der Waals surface area contributed by atoms with Crippen molar-refractivity contribution in [3.05, 3.63) is 239 Å². The third kappa shape index (κ3) is 21.3. The molecule has 0 bridgehead atoms. The molecule has 0 aromatic heterocycles. The van der Waals surface area contributed by atoms with Gasteiger partial charge in [0.2, 0.25) is 35.4 Å². The summed E-state index contributed by atoms with van der Waals surface area (Å²) in [5.74, 6) is -27.7. The summed E-state index contributed by atoms with van der Waals surface area (Å²) in [6, 6.07) is 58.3. The van der Waals surface area contributed by atoms with Gasteiger partial charge in [-0.1, -0.05) is 192 Å². The fourth-order valence-electron chi connectivity index (χ4n) is 17.8. The predicted octanol–water partition coefficient (Wildman–Crippen LogP) is 12.7. The summed E-state index contributed by atoms with van der Waals surface area (Å²) < 4.78 is 5.23. The Kier molecular flexibility index (Phi) is 31.3. The second-order valence-corrected chi connectivity index (χ2v) is 31.7. The minimum Gasteiger partial charge on any atom is -0.481 e. The lowest BCUT2D eigenvalue weighted by atomic mass is 9.64. The van der Waals surface area contributed by atoms with Gasteiger partial charge >= 0.3 is 23.9 Å². The monoisotopic (exact) mass is 1590 g/mol. The summed E-state index contributed by atoms with van der Waals surface area (Å²) in [4.78, 5) is 187. The molecule has 3 aliphatic heterocycles. The van der Waals surface area contributed by atoms with Gasteiger partial charge in [0.15, 0.2) is 0 Å². The Morgan fingerprint density at radius 2 is 0.761 bits per heavy atom. The summed E-state index contributed by atoms with van der Waals surface area (Å²) in [5, 5.41) is 35.9. The van der Waals surface area contributed by atoms with Crippen LogP contribution in [0, 0.1) is 59.2 Å². The van der Waals surface area contributed by atoms with E-state index >= 15 is 28.8 Å². The number of nitrogens with one attached hydrogen (secondary N) is 4. The van der Waals surface area contributed by atoms with Gasteiger partial charge in [0, 0.05) is 90.0 Å². The summed E-state index contributed by atoms with van der Waals surface area (Å²) in [5.41, 5.74) is 5.25. The number of cyclic esters (lactones) is 2. The van der Waals surface area contributed by atoms with E-state index in [4.69, 9.17) is 4.74 Å². The van der Waals surface area contributed by atoms with Crippen molar-refractivity contribution in [3.8, 4) is 0 Å². The predicted molar refractivity (Wildman–Crippen MR) is 446 cm³/mol. The number of hydrogen-bond acceptors (Lipinski definition) is 15. The molecule has 7 aromatic carbocycles. The number of rotatable bonds is 43. The molecule has 23 heteroatoms. The molecule has 3 heterocycles. The van der Waals surface area contributed by atoms with Gasteiger partial charge in [-0.3, -0.25) is 67.3 Å². The van der Waals surface area contributed by atoms with Crippen LogP contribution in [-0.4, -0.2) is 159 Å². The SMILES string of the molecule is CCCCNC(=O)C(C(CC(c1ccccc1)C1C(=O)OC(=O)C1C)C(=O)O)C(CC1C(=O)N(CCCC)C(=O)C1C(CC1C(=O)N(CCCNC(=O)c2ccc(N(C)C)cc2)C(=O)C1C(CC(C(=O)O)C(C(=O)NCCCNC(=O)c1ccc(N(C)C)cc1)C(CC)c1ccccc1)c1ccccc1)c1ccccc1)c1ccccc1. The number of unbranched alkanes of at least 4 members (excludes halogenated alkanes) is 2. The number of anilines is 2. The standard InChI is InChI=1S/C94H112N8O15/c1-9-12-49-97-86(106)80(77(92(113)114)57-70(61-33-21-15-22-34-61)78-59(4)93(115)117-94(78)116)71(62-35-23-16-24-36-62)55-74-81(89(109)101(87(74)107)53-13-10-2)72(63-37-25-17-26-38-63)56-75-82(90(110)102(88(75)108)54-30-52-96-84(104)66-43-47-68(48-44-66)100(7)8)73(64-39-27-18-28-40-64)58-76(91(111)112)79(69(11-3)60-31-19-14-20-32-60)85(105)98-51-29-50-95-83(103)65-41-45-67(46-42-65)99(5)6/h14-28,31-48,59,69-82H,9-13,29-30,49-58H2,1-8H3,(H,95,103)(H,96,104)(H,97,106)(H,98,105)(H,111,112)(H,113,114). The molecule has 618 valence electrons. The number of carboxylic acids is 2. The zero-order chi connectivity index (χ0) is 84.0. The topological polar surface area (TPSA) is 316 Å². The highest BCUT2D eigenvalue weighted by molar-refractivity contribution is 6.07. The van der Waals surface area contributed by atoms with Crippen LogP contribution >= 0.6 is 0 Å². The van der Waals surface area contributed by atoms with Crippen LogP contribution in [0.2, 0.25) is 0 Å². The molecule has 0 spiro atoms. The van der Waals surface area contributed by atoms with Gasteiger partial charge in [-0.15, -0.1) is 0 Å². The van der Waals surface area contributed by atoms with E-state index < -0.39 is 154 Å². The van der Waals surface area contributed by atoms with Gasteiger partial charge in [-0.25, -0.2) is 0 Å². The Bertz CT molecular complexity index is 4550. The van der Waals surface area contributed by atoms with Crippen LogP contribution in [0.5, 0.6) is 0 Å². The third-order valence-electron chi connectivity index (χ3n) is 24.0. The molecule has 117 heavy (non-hydrogen) atoms. The van der Waals surface area contributed by atoms with E-state index in [9.17, 15) is 39.0 Å². The first-order valence-corrected chi connectivity index (χ1v) is 41.2. The fraction of sp³-hybridized carbons (Fsp3) is 0.426.